The van der Waals surface area contributed by atoms with Crippen LogP contribution in [0.4, 0.5) is 16.2 Å². The molecule has 0 bridgehead atoms. The summed E-state index contributed by atoms with van der Waals surface area (Å²) in [4.78, 5) is 25.7. The van der Waals surface area contributed by atoms with Crippen LogP contribution >= 0.6 is 0 Å². The van der Waals surface area contributed by atoms with E-state index in [0.29, 0.717) is 24.3 Å². The Bertz CT molecular complexity index is 498. The maximum absolute atomic E-state index is 12.1. The van der Waals surface area contributed by atoms with Crippen molar-refractivity contribution in [3.8, 4) is 0 Å². The Hall–Kier alpha value is -2.08. The number of benzene rings is 1. The van der Waals surface area contributed by atoms with Crippen molar-refractivity contribution >= 4 is 23.3 Å². The van der Waals surface area contributed by atoms with Gasteiger partial charge in [-0.3, -0.25) is 4.79 Å². The lowest BCUT2D eigenvalue weighted by atomic mass is 10.2. The van der Waals surface area contributed by atoms with Crippen LogP contribution in [0.3, 0.4) is 0 Å². The van der Waals surface area contributed by atoms with Crippen LogP contribution < -0.4 is 16.0 Å². The summed E-state index contributed by atoms with van der Waals surface area (Å²) in [5, 5.41) is 8.63. The summed E-state index contributed by atoms with van der Waals surface area (Å²) in [5.74, 6) is -0.0766. The minimum atomic E-state index is -0.107. The number of amides is 3. The first-order chi connectivity index (χ1) is 10.2. The van der Waals surface area contributed by atoms with Gasteiger partial charge < -0.3 is 20.9 Å². The molecule has 0 aromatic heterocycles. The van der Waals surface area contributed by atoms with Gasteiger partial charge in [-0.15, -0.1) is 0 Å². The van der Waals surface area contributed by atoms with E-state index in [4.69, 9.17) is 0 Å². The van der Waals surface area contributed by atoms with E-state index >= 15 is 0 Å². The van der Waals surface area contributed by atoms with Crippen LogP contribution in [-0.4, -0.2) is 43.5 Å². The second kappa shape index (κ2) is 7.64. The van der Waals surface area contributed by atoms with Crippen LogP contribution in [-0.2, 0) is 4.79 Å². The van der Waals surface area contributed by atoms with E-state index in [1.807, 2.05) is 12.1 Å². The maximum atomic E-state index is 12.1. The molecule has 6 heteroatoms. The number of para-hydroxylation sites is 2. The van der Waals surface area contributed by atoms with Crippen molar-refractivity contribution in [1.29, 1.82) is 0 Å². The lowest BCUT2D eigenvalue weighted by molar-refractivity contribution is -0.116. The summed E-state index contributed by atoms with van der Waals surface area (Å²) in [6, 6.07) is 7.14. The van der Waals surface area contributed by atoms with Gasteiger partial charge in [0.2, 0.25) is 5.91 Å². The molecule has 2 rings (SSSR count). The molecule has 1 fully saturated rings. The molecule has 0 atom stereocenters. The van der Waals surface area contributed by atoms with Crippen molar-refractivity contribution in [2.75, 3.05) is 37.3 Å². The molecule has 1 aliphatic rings. The van der Waals surface area contributed by atoms with E-state index < -0.39 is 0 Å². The predicted molar refractivity (Wildman–Crippen MR) is 83.4 cm³/mol. The summed E-state index contributed by atoms with van der Waals surface area (Å²) in [5.41, 5.74) is 1.26. The zero-order valence-corrected chi connectivity index (χ0v) is 12.3. The number of likely N-dealkylation sites (tertiary alicyclic amines) is 1. The number of hydrogen-bond acceptors (Lipinski definition) is 3. The van der Waals surface area contributed by atoms with Gasteiger partial charge in [-0.05, 0) is 32.0 Å². The van der Waals surface area contributed by atoms with E-state index in [1.165, 1.54) is 0 Å². The van der Waals surface area contributed by atoms with Gasteiger partial charge in [0, 0.05) is 26.1 Å². The third-order valence-electron chi connectivity index (χ3n) is 3.44. The molecule has 0 aliphatic carbocycles. The number of urea groups is 1. The highest BCUT2D eigenvalue weighted by molar-refractivity contribution is 5.99. The Labute approximate surface area is 124 Å². The predicted octanol–water partition coefficient (Wildman–Crippen LogP) is 1.86. The van der Waals surface area contributed by atoms with Crippen molar-refractivity contribution in [1.82, 2.24) is 10.2 Å². The fraction of sp³-hybridized carbons (Fsp3) is 0.467. The summed E-state index contributed by atoms with van der Waals surface area (Å²) >= 11 is 0. The lowest BCUT2D eigenvalue weighted by Gasteiger charge is -2.18. The molecule has 0 spiro atoms. The molecule has 1 aromatic rings. The number of carbonyl (C=O) groups excluding carboxylic acids is 2. The highest BCUT2D eigenvalue weighted by atomic mass is 16.2. The van der Waals surface area contributed by atoms with Crippen molar-refractivity contribution in [3.05, 3.63) is 24.3 Å². The number of nitrogens with one attached hydrogen (secondary N) is 3. The van der Waals surface area contributed by atoms with Gasteiger partial charge in [0.25, 0.3) is 0 Å². The first-order valence-electron chi connectivity index (χ1n) is 7.30. The molecule has 21 heavy (non-hydrogen) atoms. The summed E-state index contributed by atoms with van der Waals surface area (Å²) in [6.45, 7) is 2.21. The van der Waals surface area contributed by atoms with E-state index in [1.54, 1.807) is 24.1 Å². The Morgan fingerprint density at radius 3 is 2.33 bits per heavy atom. The van der Waals surface area contributed by atoms with Gasteiger partial charge in [0.15, 0.2) is 0 Å². The topological polar surface area (TPSA) is 73.5 Å². The quantitative estimate of drug-likeness (QED) is 0.775. The number of rotatable bonds is 5. The van der Waals surface area contributed by atoms with Crippen LogP contribution in [0.1, 0.15) is 19.3 Å². The normalized spacial score (nSPS) is 14.0. The minimum absolute atomic E-state index is 0.0766. The van der Waals surface area contributed by atoms with Gasteiger partial charge >= 0.3 is 6.03 Å². The molecule has 3 N–H and O–H groups in total. The summed E-state index contributed by atoms with van der Waals surface area (Å²) in [6.07, 6.45) is 2.50. The lowest BCUT2D eigenvalue weighted by Crippen LogP contribution is -2.32. The second-order valence-corrected chi connectivity index (χ2v) is 5.07. The molecule has 0 radical (unpaired) electrons. The standard InChI is InChI=1S/C15H22N4O2/c1-16-9-8-14(20)17-12-6-2-3-7-13(12)18-15(21)19-10-4-5-11-19/h2-3,6-7,16H,4-5,8-11H2,1H3,(H,17,20)(H,18,21). The Morgan fingerprint density at radius 1 is 1.10 bits per heavy atom. The van der Waals surface area contributed by atoms with Crippen LogP contribution in [0.5, 0.6) is 0 Å². The van der Waals surface area contributed by atoms with Gasteiger partial charge in [0.1, 0.15) is 0 Å². The van der Waals surface area contributed by atoms with Crippen molar-refractivity contribution in [3.63, 3.8) is 0 Å². The first-order valence-corrected chi connectivity index (χ1v) is 7.30. The molecule has 1 saturated heterocycles. The van der Waals surface area contributed by atoms with Crippen LogP contribution in [0.15, 0.2) is 24.3 Å². The van der Waals surface area contributed by atoms with Gasteiger partial charge in [-0.2, -0.15) is 0 Å². The number of hydrogen-bond donors (Lipinski definition) is 3. The van der Waals surface area contributed by atoms with Crippen LogP contribution in [0.2, 0.25) is 0 Å². The van der Waals surface area contributed by atoms with E-state index in [9.17, 15) is 9.59 Å². The Kier molecular flexibility index (Phi) is 5.57. The van der Waals surface area contributed by atoms with E-state index in [2.05, 4.69) is 16.0 Å². The summed E-state index contributed by atoms with van der Waals surface area (Å²) < 4.78 is 0. The number of nitrogens with zero attached hydrogens (tertiary/aromatic N) is 1. The van der Waals surface area contributed by atoms with Gasteiger partial charge in [0.05, 0.1) is 11.4 Å². The highest BCUT2D eigenvalue weighted by Crippen LogP contribution is 2.22. The third kappa shape index (κ3) is 4.46. The fourth-order valence-electron chi connectivity index (χ4n) is 2.27. The zero-order chi connectivity index (χ0) is 15.1. The Morgan fingerprint density at radius 2 is 1.71 bits per heavy atom. The van der Waals surface area contributed by atoms with Crippen molar-refractivity contribution in [2.24, 2.45) is 0 Å². The second-order valence-electron chi connectivity index (χ2n) is 5.07. The Balaban J connectivity index is 1.99. The van der Waals surface area contributed by atoms with E-state index in [0.717, 1.165) is 25.9 Å². The molecule has 0 saturated carbocycles. The minimum Gasteiger partial charge on any atom is -0.325 e. The maximum Gasteiger partial charge on any atom is 0.321 e. The number of carbonyl (C=O) groups is 2. The smallest absolute Gasteiger partial charge is 0.321 e. The van der Waals surface area contributed by atoms with Crippen LogP contribution in [0, 0.1) is 0 Å². The highest BCUT2D eigenvalue weighted by Gasteiger charge is 2.18. The molecular formula is C15H22N4O2. The molecular weight excluding hydrogens is 268 g/mol. The molecule has 0 unspecified atom stereocenters. The molecule has 1 aliphatic heterocycles. The first kappa shape index (κ1) is 15.3. The largest absolute Gasteiger partial charge is 0.325 e. The van der Waals surface area contributed by atoms with Gasteiger partial charge in [-0.25, -0.2) is 4.79 Å². The van der Waals surface area contributed by atoms with Crippen molar-refractivity contribution < 1.29 is 9.59 Å². The average Bonchev–Trinajstić information content (AvgIpc) is 3.01. The van der Waals surface area contributed by atoms with Gasteiger partial charge in [-0.1, -0.05) is 12.1 Å². The van der Waals surface area contributed by atoms with E-state index in [-0.39, 0.29) is 11.9 Å². The average molecular weight is 290 g/mol. The van der Waals surface area contributed by atoms with Crippen molar-refractivity contribution in [2.45, 2.75) is 19.3 Å². The monoisotopic (exact) mass is 290 g/mol. The fourth-order valence-corrected chi connectivity index (χ4v) is 2.27. The SMILES string of the molecule is CNCCC(=O)Nc1ccccc1NC(=O)N1CCCC1. The molecule has 114 valence electrons. The molecule has 1 aromatic carbocycles. The molecule has 3 amide bonds. The molecule has 1 heterocycles. The zero-order valence-electron chi connectivity index (χ0n) is 12.3. The number of anilines is 2. The molecule has 6 nitrogen and oxygen atoms in total. The third-order valence-corrected chi connectivity index (χ3v) is 3.44. The van der Waals surface area contributed by atoms with Crippen LogP contribution in [0.25, 0.3) is 0 Å². The summed E-state index contributed by atoms with van der Waals surface area (Å²) in [7, 11) is 1.80.